The number of hydrogen-bond acceptors (Lipinski definition) is 3. The van der Waals surface area contributed by atoms with Gasteiger partial charge in [0.2, 0.25) is 0 Å². The Kier molecular flexibility index (Phi) is 7.11. The first-order valence-electron chi connectivity index (χ1n) is 10.0. The highest BCUT2D eigenvalue weighted by molar-refractivity contribution is 7.85. The molecule has 1 aliphatic carbocycles. The Hall–Kier alpha value is -0.680. The van der Waals surface area contributed by atoms with Gasteiger partial charge < -0.3 is 9.84 Å². The summed E-state index contributed by atoms with van der Waals surface area (Å²) >= 11 is 0. The number of carboxylic acids is 1. The Bertz CT molecular complexity index is 498. The number of aliphatic carboxylic acids is 1. The van der Waals surface area contributed by atoms with Crippen molar-refractivity contribution in [2.45, 2.75) is 88.1 Å². The molecule has 2 bridgehead atoms. The maximum atomic E-state index is 12.8. The summed E-state index contributed by atoms with van der Waals surface area (Å²) in [5, 5.41) is 9.09. The van der Waals surface area contributed by atoms with Crippen molar-refractivity contribution in [3.8, 4) is 0 Å². The second-order valence-corrected chi connectivity index (χ2v) is 9.68. The summed E-state index contributed by atoms with van der Waals surface area (Å²) in [7, 11) is -0.704. The second kappa shape index (κ2) is 9.31. The Labute approximate surface area is 153 Å². The molecule has 3 rings (SSSR count). The topological polar surface area (TPSA) is 63.6 Å². The van der Waals surface area contributed by atoms with Crippen molar-refractivity contribution in [3.63, 3.8) is 0 Å². The predicted molar refractivity (Wildman–Crippen MR) is 100 cm³/mol. The molecule has 1 saturated carbocycles. The minimum atomic E-state index is -0.722. The van der Waals surface area contributed by atoms with Gasteiger partial charge in [0, 0.05) is 34.1 Å². The van der Waals surface area contributed by atoms with Gasteiger partial charge in [0.25, 0.3) is 0 Å². The third-order valence-electron chi connectivity index (χ3n) is 6.21. The first-order chi connectivity index (χ1) is 12.1. The van der Waals surface area contributed by atoms with E-state index in [0.29, 0.717) is 35.7 Å². The molecule has 0 aromatic heterocycles. The van der Waals surface area contributed by atoms with Crippen LogP contribution in [0.25, 0.3) is 0 Å². The van der Waals surface area contributed by atoms with Gasteiger partial charge in [-0.25, -0.2) is 0 Å². The van der Waals surface area contributed by atoms with Crippen LogP contribution in [0.4, 0.5) is 0 Å². The third kappa shape index (κ3) is 5.16. The molecule has 25 heavy (non-hydrogen) atoms. The summed E-state index contributed by atoms with van der Waals surface area (Å²) < 4.78 is 19.0. The first kappa shape index (κ1) is 19.1. The summed E-state index contributed by atoms with van der Waals surface area (Å²) in [6, 6.07) is 0. The second-order valence-electron chi connectivity index (χ2n) is 7.92. The zero-order valence-corrected chi connectivity index (χ0v) is 15.9. The van der Waals surface area contributed by atoms with Crippen LogP contribution >= 0.6 is 0 Å². The lowest BCUT2D eigenvalue weighted by Crippen LogP contribution is -2.34. The fourth-order valence-corrected chi connectivity index (χ4v) is 6.80. The van der Waals surface area contributed by atoms with Crippen LogP contribution in [-0.2, 0) is 20.3 Å². The number of rotatable bonds is 9. The lowest BCUT2D eigenvalue weighted by molar-refractivity contribution is -0.137. The highest BCUT2D eigenvalue weighted by Crippen LogP contribution is 2.46. The van der Waals surface area contributed by atoms with Crippen LogP contribution in [0.15, 0.2) is 12.2 Å². The quantitative estimate of drug-likeness (QED) is 0.492. The van der Waals surface area contributed by atoms with Gasteiger partial charge in [-0.2, -0.15) is 0 Å². The maximum Gasteiger partial charge on any atom is 0.303 e. The van der Waals surface area contributed by atoms with E-state index < -0.39 is 16.8 Å². The van der Waals surface area contributed by atoms with Crippen LogP contribution in [0, 0.1) is 11.8 Å². The molecule has 0 amide bonds. The molecular weight excluding hydrogens is 336 g/mol. The molecule has 4 nitrogen and oxygen atoms in total. The number of fused-ring (bicyclic) bond motifs is 2. The van der Waals surface area contributed by atoms with Crippen LogP contribution in [0.1, 0.15) is 70.6 Å². The van der Waals surface area contributed by atoms with Gasteiger partial charge in [0.1, 0.15) is 0 Å². The molecule has 3 aliphatic rings. The minimum absolute atomic E-state index is 0.241. The average molecular weight is 369 g/mol. The largest absolute Gasteiger partial charge is 0.481 e. The van der Waals surface area contributed by atoms with Crippen molar-refractivity contribution < 1.29 is 18.8 Å². The molecule has 0 aromatic rings. The highest BCUT2D eigenvalue weighted by Gasteiger charge is 2.48. The van der Waals surface area contributed by atoms with Gasteiger partial charge in [-0.15, -0.1) is 0 Å². The fourth-order valence-electron chi connectivity index (χ4n) is 4.82. The van der Waals surface area contributed by atoms with Gasteiger partial charge >= 0.3 is 5.97 Å². The van der Waals surface area contributed by atoms with E-state index in [1.807, 2.05) is 0 Å². The van der Waals surface area contributed by atoms with Crippen LogP contribution in [-0.4, -0.2) is 38.5 Å². The number of unbranched alkanes of at least 4 members (excludes halogenated alkanes) is 1. The zero-order valence-electron chi connectivity index (χ0n) is 15.1. The molecule has 2 saturated heterocycles. The summed E-state index contributed by atoms with van der Waals surface area (Å²) in [6.45, 7) is 0. The molecule has 5 atom stereocenters. The standard InChI is InChI=1S/C20H32O4S/c21-20(22)11-7-2-1-6-10-16-17(19-13-12-18(16)24-19)14-25(23)15-8-4-3-5-9-15/h1,6,15-19H,2-5,7-14H2,(H,21,22)/t16-,17+,18-,19+,25?/m1/s1. The molecule has 2 heterocycles. The van der Waals surface area contributed by atoms with Gasteiger partial charge in [0.15, 0.2) is 0 Å². The molecule has 5 heteroatoms. The summed E-state index contributed by atoms with van der Waals surface area (Å²) in [5.74, 6) is 1.05. The van der Waals surface area contributed by atoms with E-state index >= 15 is 0 Å². The molecule has 0 aromatic carbocycles. The van der Waals surface area contributed by atoms with Crippen LogP contribution in [0.5, 0.6) is 0 Å². The van der Waals surface area contributed by atoms with E-state index in [0.717, 1.165) is 44.3 Å². The number of carboxylic acid groups (broad SMARTS) is 1. The third-order valence-corrected chi connectivity index (χ3v) is 8.14. The van der Waals surface area contributed by atoms with Gasteiger partial charge in [-0.3, -0.25) is 9.00 Å². The number of hydrogen-bond donors (Lipinski definition) is 1. The smallest absolute Gasteiger partial charge is 0.303 e. The van der Waals surface area contributed by atoms with Crippen molar-refractivity contribution in [3.05, 3.63) is 12.2 Å². The summed E-state index contributed by atoms with van der Waals surface area (Å²) in [4.78, 5) is 10.5. The van der Waals surface area contributed by atoms with E-state index in [-0.39, 0.29) is 6.42 Å². The molecule has 2 aliphatic heterocycles. The first-order valence-corrected chi connectivity index (χ1v) is 11.4. The molecule has 1 N–H and O–H groups in total. The molecule has 142 valence electrons. The SMILES string of the molecule is O=C(O)CCCC=CC[C@@H]1[C@H](CS(=O)C2CCCCC2)[C@@H]2CC[C@H]1O2. The number of carbonyl (C=O) groups is 1. The molecule has 1 unspecified atom stereocenters. The van der Waals surface area contributed by atoms with Crippen LogP contribution in [0.2, 0.25) is 0 Å². The predicted octanol–water partition coefficient (Wildman–Crippen LogP) is 4.06. The van der Waals surface area contributed by atoms with Gasteiger partial charge in [0.05, 0.1) is 12.2 Å². The highest BCUT2D eigenvalue weighted by atomic mass is 32.2. The number of ether oxygens (including phenoxy) is 1. The molecule has 0 radical (unpaired) electrons. The average Bonchev–Trinajstić information content (AvgIpc) is 3.21. The summed E-state index contributed by atoms with van der Waals surface area (Å²) in [5.41, 5.74) is 0. The number of allylic oxidation sites excluding steroid dienone is 2. The van der Waals surface area contributed by atoms with Gasteiger partial charge in [-0.1, -0.05) is 31.4 Å². The van der Waals surface area contributed by atoms with E-state index in [1.54, 1.807) is 0 Å². The molecule has 3 fully saturated rings. The Morgan fingerprint density at radius 2 is 1.76 bits per heavy atom. The Morgan fingerprint density at radius 1 is 1.04 bits per heavy atom. The van der Waals surface area contributed by atoms with Crippen molar-refractivity contribution in [2.75, 3.05) is 5.75 Å². The minimum Gasteiger partial charge on any atom is -0.481 e. The lowest BCUT2D eigenvalue weighted by atomic mass is 9.78. The zero-order chi connectivity index (χ0) is 17.6. The van der Waals surface area contributed by atoms with E-state index in [2.05, 4.69) is 12.2 Å². The van der Waals surface area contributed by atoms with E-state index in [1.165, 1.54) is 19.3 Å². The van der Waals surface area contributed by atoms with Crippen molar-refractivity contribution >= 4 is 16.8 Å². The maximum absolute atomic E-state index is 12.8. The van der Waals surface area contributed by atoms with Crippen molar-refractivity contribution in [2.24, 2.45) is 11.8 Å². The fraction of sp³-hybridized carbons (Fsp3) is 0.850. The van der Waals surface area contributed by atoms with Crippen molar-refractivity contribution in [1.29, 1.82) is 0 Å². The van der Waals surface area contributed by atoms with Crippen molar-refractivity contribution in [1.82, 2.24) is 0 Å². The normalized spacial score (nSPS) is 33.9. The molecule has 0 spiro atoms. The van der Waals surface area contributed by atoms with E-state index in [4.69, 9.17) is 9.84 Å². The van der Waals surface area contributed by atoms with Gasteiger partial charge in [-0.05, 0) is 50.9 Å². The van der Waals surface area contributed by atoms with Crippen LogP contribution in [0.3, 0.4) is 0 Å². The van der Waals surface area contributed by atoms with E-state index in [9.17, 15) is 9.00 Å². The monoisotopic (exact) mass is 368 g/mol. The Balaban J connectivity index is 1.48. The lowest BCUT2D eigenvalue weighted by Gasteiger charge is -2.29. The Morgan fingerprint density at radius 3 is 2.48 bits per heavy atom. The summed E-state index contributed by atoms with van der Waals surface area (Å²) in [6.07, 6.45) is 16.1. The molecular formula is C20H32O4S. The van der Waals surface area contributed by atoms with Crippen LogP contribution < -0.4 is 0 Å².